The Labute approximate surface area is 91.3 Å². The normalized spacial score (nSPS) is 9.23. The van der Waals surface area contributed by atoms with E-state index in [1.807, 2.05) is 29.6 Å². The Hall–Kier alpha value is -0.831. The SMILES string of the molecule is Nc1ccc(-c2nccs2)cc1.[Fe]. The third-order valence-electron chi connectivity index (χ3n) is 1.59. The summed E-state index contributed by atoms with van der Waals surface area (Å²) in [7, 11) is 0. The number of aromatic nitrogens is 1. The van der Waals surface area contributed by atoms with Crippen LogP contribution in [0.5, 0.6) is 0 Å². The second-order valence-corrected chi connectivity index (χ2v) is 3.35. The minimum Gasteiger partial charge on any atom is -0.399 e. The fraction of sp³-hybridized carbons (Fsp3) is 0. The summed E-state index contributed by atoms with van der Waals surface area (Å²) in [6, 6.07) is 7.73. The van der Waals surface area contributed by atoms with E-state index in [1.165, 1.54) is 0 Å². The monoisotopic (exact) mass is 232 g/mol. The van der Waals surface area contributed by atoms with Gasteiger partial charge in [-0.2, -0.15) is 0 Å². The molecule has 0 aliphatic carbocycles. The molecule has 13 heavy (non-hydrogen) atoms. The number of nitrogens with two attached hydrogens (primary N) is 1. The van der Waals surface area contributed by atoms with Gasteiger partial charge in [0.2, 0.25) is 0 Å². The van der Waals surface area contributed by atoms with Crippen molar-refractivity contribution in [3.63, 3.8) is 0 Å². The second-order valence-electron chi connectivity index (χ2n) is 2.46. The molecule has 0 amide bonds. The van der Waals surface area contributed by atoms with Crippen LogP contribution in [0.1, 0.15) is 0 Å². The van der Waals surface area contributed by atoms with Gasteiger partial charge in [0.1, 0.15) is 5.01 Å². The zero-order valence-electron chi connectivity index (χ0n) is 6.75. The molecule has 0 saturated carbocycles. The summed E-state index contributed by atoms with van der Waals surface area (Å²) in [6.45, 7) is 0. The van der Waals surface area contributed by atoms with Crippen LogP contribution in [-0.4, -0.2) is 4.98 Å². The minimum absolute atomic E-state index is 0. The Bertz CT molecular complexity index is 356. The van der Waals surface area contributed by atoms with Crippen LogP contribution in [0.2, 0.25) is 0 Å². The molecule has 2 rings (SSSR count). The average Bonchev–Trinajstić information content (AvgIpc) is 2.58. The van der Waals surface area contributed by atoms with E-state index in [2.05, 4.69) is 4.98 Å². The van der Waals surface area contributed by atoms with E-state index in [-0.39, 0.29) is 17.1 Å². The van der Waals surface area contributed by atoms with E-state index in [1.54, 1.807) is 17.5 Å². The van der Waals surface area contributed by atoms with Gasteiger partial charge in [0.05, 0.1) is 0 Å². The molecule has 1 heterocycles. The van der Waals surface area contributed by atoms with Crippen LogP contribution < -0.4 is 5.73 Å². The quantitative estimate of drug-likeness (QED) is 0.605. The Balaban J connectivity index is 0.000000845. The van der Waals surface area contributed by atoms with Crippen molar-refractivity contribution in [2.24, 2.45) is 0 Å². The smallest absolute Gasteiger partial charge is 0.123 e. The molecule has 0 bridgehead atoms. The molecule has 0 unspecified atom stereocenters. The summed E-state index contributed by atoms with van der Waals surface area (Å²) in [5.41, 5.74) is 7.47. The molecular weight excluding hydrogens is 224 g/mol. The van der Waals surface area contributed by atoms with Crippen LogP contribution in [0.15, 0.2) is 35.8 Å². The van der Waals surface area contributed by atoms with Crippen LogP contribution in [0.3, 0.4) is 0 Å². The van der Waals surface area contributed by atoms with E-state index < -0.39 is 0 Å². The molecule has 0 fully saturated rings. The van der Waals surface area contributed by atoms with Crippen LogP contribution >= 0.6 is 11.3 Å². The number of nitrogens with zero attached hydrogens (tertiary/aromatic N) is 1. The Morgan fingerprint density at radius 3 is 2.38 bits per heavy atom. The van der Waals surface area contributed by atoms with Gasteiger partial charge in [-0.15, -0.1) is 11.3 Å². The number of benzene rings is 1. The summed E-state index contributed by atoms with van der Waals surface area (Å²) in [5.74, 6) is 0. The molecule has 1 aromatic carbocycles. The van der Waals surface area contributed by atoms with Crippen molar-refractivity contribution in [2.75, 3.05) is 5.73 Å². The van der Waals surface area contributed by atoms with Gasteiger partial charge in [-0.3, -0.25) is 0 Å². The van der Waals surface area contributed by atoms with E-state index in [0.717, 1.165) is 16.3 Å². The third-order valence-corrected chi connectivity index (χ3v) is 2.41. The third kappa shape index (κ3) is 2.31. The summed E-state index contributed by atoms with van der Waals surface area (Å²) in [4.78, 5) is 4.19. The van der Waals surface area contributed by atoms with Crippen molar-refractivity contribution >= 4 is 17.0 Å². The summed E-state index contributed by atoms with van der Waals surface area (Å²) < 4.78 is 0. The summed E-state index contributed by atoms with van der Waals surface area (Å²) in [6.07, 6.45) is 1.80. The van der Waals surface area contributed by atoms with Gasteiger partial charge in [0, 0.05) is 39.9 Å². The Morgan fingerprint density at radius 2 is 1.85 bits per heavy atom. The van der Waals surface area contributed by atoms with Gasteiger partial charge >= 0.3 is 0 Å². The number of hydrogen-bond acceptors (Lipinski definition) is 3. The zero-order chi connectivity index (χ0) is 8.39. The molecule has 0 atom stereocenters. The maximum Gasteiger partial charge on any atom is 0.123 e. The first kappa shape index (κ1) is 10.3. The number of hydrogen-bond donors (Lipinski definition) is 1. The maximum atomic E-state index is 5.56. The van der Waals surface area contributed by atoms with Crippen LogP contribution in [0, 0.1) is 0 Å². The van der Waals surface area contributed by atoms with Crippen molar-refractivity contribution in [3.05, 3.63) is 35.8 Å². The van der Waals surface area contributed by atoms with E-state index in [9.17, 15) is 0 Å². The first-order chi connectivity index (χ1) is 5.86. The molecule has 0 aliphatic rings. The molecule has 2 aromatic rings. The van der Waals surface area contributed by atoms with Crippen molar-refractivity contribution in [1.29, 1.82) is 0 Å². The predicted octanol–water partition coefficient (Wildman–Crippen LogP) is 2.39. The molecule has 4 heteroatoms. The molecule has 2 N–H and O–H groups in total. The molecule has 68 valence electrons. The summed E-state index contributed by atoms with van der Waals surface area (Å²) >= 11 is 1.63. The second kappa shape index (κ2) is 4.42. The number of anilines is 1. The zero-order valence-corrected chi connectivity index (χ0v) is 8.67. The van der Waals surface area contributed by atoms with Gasteiger partial charge in [0.25, 0.3) is 0 Å². The van der Waals surface area contributed by atoms with Crippen LogP contribution in [0.25, 0.3) is 10.6 Å². The number of thiazole rings is 1. The van der Waals surface area contributed by atoms with Gasteiger partial charge < -0.3 is 5.73 Å². The number of nitrogen functional groups attached to an aromatic ring is 1. The Kier molecular flexibility index (Phi) is 3.48. The standard InChI is InChI=1S/C9H8N2S.Fe/c10-8-3-1-7(2-4-8)9-11-5-6-12-9;/h1-6H,10H2;. The van der Waals surface area contributed by atoms with Crippen molar-refractivity contribution < 1.29 is 17.1 Å². The average molecular weight is 232 g/mol. The fourth-order valence-corrected chi connectivity index (χ4v) is 1.64. The largest absolute Gasteiger partial charge is 0.399 e. The van der Waals surface area contributed by atoms with Gasteiger partial charge in [-0.1, -0.05) is 0 Å². The topological polar surface area (TPSA) is 38.9 Å². The van der Waals surface area contributed by atoms with E-state index >= 15 is 0 Å². The van der Waals surface area contributed by atoms with Crippen LogP contribution in [0.4, 0.5) is 5.69 Å². The van der Waals surface area contributed by atoms with Crippen molar-refractivity contribution in [3.8, 4) is 10.6 Å². The molecule has 1 aromatic heterocycles. The minimum atomic E-state index is 0. The van der Waals surface area contributed by atoms with Gasteiger partial charge in [0.15, 0.2) is 0 Å². The molecular formula is C9H8FeN2S. The summed E-state index contributed by atoms with van der Waals surface area (Å²) in [5, 5.41) is 3.00. The van der Waals surface area contributed by atoms with E-state index in [4.69, 9.17) is 5.73 Å². The predicted molar refractivity (Wildman–Crippen MR) is 52.0 cm³/mol. The first-order valence-corrected chi connectivity index (χ1v) is 4.49. The van der Waals surface area contributed by atoms with Crippen molar-refractivity contribution in [1.82, 2.24) is 4.98 Å². The molecule has 2 nitrogen and oxygen atoms in total. The molecule has 0 radical (unpaired) electrons. The number of rotatable bonds is 1. The molecule has 0 aliphatic heterocycles. The molecule has 0 spiro atoms. The first-order valence-electron chi connectivity index (χ1n) is 3.62. The van der Waals surface area contributed by atoms with Crippen molar-refractivity contribution in [2.45, 2.75) is 0 Å². The Morgan fingerprint density at radius 1 is 1.15 bits per heavy atom. The van der Waals surface area contributed by atoms with Gasteiger partial charge in [-0.25, -0.2) is 4.98 Å². The van der Waals surface area contributed by atoms with Crippen LogP contribution in [-0.2, 0) is 17.1 Å². The fourth-order valence-electron chi connectivity index (χ4n) is 0.992. The van der Waals surface area contributed by atoms with Gasteiger partial charge in [-0.05, 0) is 24.3 Å². The molecule has 0 saturated heterocycles. The van der Waals surface area contributed by atoms with E-state index in [0.29, 0.717) is 0 Å². The maximum absolute atomic E-state index is 5.56.